The summed E-state index contributed by atoms with van der Waals surface area (Å²) in [6.45, 7) is 9.47. The van der Waals surface area contributed by atoms with Crippen molar-refractivity contribution in [1.29, 1.82) is 0 Å². The zero-order chi connectivity index (χ0) is 41.3. The molecule has 9 aromatic carbocycles. The minimum Gasteiger partial charge on any atom is -0.310 e. The van der Waals surface area contributed by atoms with Gasteiger partial charge in [0, 0.05) is 27.9 Å². The fraction of sp³-hybridized carbons (Fsp3) is 0.100. The molecule has 0 heterocycles. The average molecular weight is 782 g/mol. The smallest absolute Gasteiger partial charge is 0.0465 e. The van der Waals surface area contributed by atoms with E-state index in [1.807, 2.05) is 0 Å². The first-order chi connectivity index (χ1) is 29.8. The molecule has 1 nitrogen and oxygen atoms in total. The van der Waals surface area contributed by atoms with Gasteiger partial charge in [0.1, 0.15) is 0 Å². The maximum Gasteiger partial charge on any atom is 0.0465 e. The summed E-state index contributed by atoms with van der Waals surface area (Å²) in [5.74, 6) is 0. The lowest BCUT2D eigenvalue weighted by Gasteiger charge is -2.30. The van der Waals surface area contributed by atoms with Crippen LogP contribution in [-0.4, -0.2) is 0 Å². The van der Waals surface area contributed by atoms with Crippen molar-refractivity contribution >= 4 is 17.1 Å². The maximum absolute atomic E-state index is 2.47. The highest BCUT2D eigenvalue weighted by atomic mass is 15.1. The molecule has 0 saturated carbocycles. The highest BCUT2D eigenvalue weighted by Crippen LogP contribution is 2.53. The first kappa shape index (κ1) is 36.8. The zero-order valence-electron chi connectivity index (χ0n) is 35.2. The third-order valence-corrected chi connectivity index (χ3v) is 13.5. The van der Waals surface area contributed by atoms with Gasteiger partial charge in [-0.2, -0.15) is 0 Å². The molecule has 2 aliphatic rings. The van der Waals surface area contributed by atoms with Crippen LogP contribution in [0.4, 0.5) is 17.1 Å². The van der Waals surface area contributed by atoms with Crippen molar-refractivity contribution in [3.05, 3.63) is 235 Å². The number of hydrogen-bond acceptors (Lipinski definition) is 1. The van der Waals surface area contributed by atoms with Gasteiger partial charge in [-0.05, 0) is 138 Å². The Labute approximate surface area is 360 Å². The van der Waals surface area contributed by atoms with Gasteiger partial charge in [0.05, 0.1) is 0 Å². The van der Waals surface area contributed by atoms with Gasteiger partial charge in [-0.1, -0.05) is 191 Å². The van der Waals surface area contributed by atoms with E-state index in [9.17, 15) is 0 Å². The van der Waals surface area contributed by atoms with Crippen LogP contribution in [0.25, 0.3) is 66.8 Å². The van der Waals surface area contributed by atoms with Crippen LogP contribution in [-0.2, 0) is 10.8 Å². The van der Waals surface area contributed by atoms with Gasteiger partial charge in [-0.15, -0.1) is 0 Å². The van der Waals surface area contributed by atoms with Gasteiger partial charge in [0.25, 0.3) is 0 Å². The fourth-order valence-corrected chi connectivity index (χ4v) is 10.3. The minimum absolute atomic E-state index is 0.118. The molecule has 0 aromatic heterocycles. The molecule has 1 heteroatoms. The van der Waals surface area contributed by atoms with Crippen molar-refractivity contribution in [2.24, 2.45) is 0 Å². The molecule has 0 radical (unpaired) electrons. The monoisotopic (exact) mass is 781 g/mol. The first-order valence-corrected chi connectivity index (χ1v) is 21.5. The standard InChI is InChI=1S/C60H47N/c1-59(2)54-26-16-14-24-48(54)50-34-32-46(38-56(50)59)61(47-33-35-51-49-25-15-17-27-55(49)60(3,4)57(51)39-47)45-30-28-43(29-31-45)58-52(41-20-10-6-11-21-41)36-44(40-18-8-5-9-19-40)37-53(58)42-22-12-7-13-23-42/h5-39H,1-4H3. The lowest BCUT2D eigenvalue weighted by Crippen LogP contribution is -2.18. The van der Waals surface area contributed by atoms with Crippen molar-refractivity contribution in [3.8, 4) is 66.8 Å². The Kier molecular flexibility index (Phi) is 8.58. The van der Waals surface area contributed by atoms with Gasteiger partial charge in [0.2, 0.25) is 0 Å². The second-order valence-corrected chi connectivity index (χ2v) is 17.7. The molecular weight excluding hydrogens is 735 g/mol. The van der Waals surface area contributed by atoms with Crippen molar-refractivity contribution in [2.75, 3.05) is 4.90 Å². The van der Waals surface area contributed by atoms with Gasteiger partial charge < -0.3 is 4.90 Å². The van der Waals surface area contributed by atoms with Crippen LogP contribution < -0.4 is 4.90 Å². The van der Waals surface area contributed by atoms with E-state index in [1.54, 1.807) is 0 Å². The van der Waals surface area contributed by atoms with Crippen molar-refractivity contribution in [1.82, 2.24) is 0 Å². The molecule has 61 heavy (non-hydrogen) atoms. The lowest BCUT2D eigenvalue weighted by atomic mass is 9.82. The summed E-state index contributed by atoms with van der Waals surface area (Å²) >= 11 is 0. The SMILES string of the molecule is CC1(C)c2ccccc2-c2ccc(N(c3ccc(-c4c(-c5ccccc5)cc(-c5ccccc5)cc4-c4ccccc4)cc3)c3ccc4c(c3)C(C)(C)c3ccccc3-4)cc21. The Morgan fingerprint density at radius 3 is 1.10 bits per heavy atom. The van der Waals surface area contributed by atoms with E-state index >= 15 is 0 Å². The minimum atomic E-state index is -0.118. The number of anilines is 3. The predicted octanol–water partition coefficient (Wildman–Crippen LogP) is 16.4. The van der Waals surface area contributed by atoms with Crippen LogP contribution in [0, 0.1) is 0 Å². The summed E-state index contributed by atoms with van der Waals surface area (Å²) in [5.41, 5.74) is 23.6. The maximum atomic E-state index is 2.47. The molecule has 2 aliphatic carbocycles. The van der Waals surface area contributed by atoms with Gasteiger partial charge in [0.15, 0.2) is 0 Å². The van der Waals surface area contributed by atoms with E-state index in [0.717, 1.165) is 17.1 Å². The Bertz CT molecular complexity index is 2930. The summed E-state index contributed by atoms with van der Waals surface area (Å²) in [6, 6.07) is 78.6. The summed E-state index contributed by atoms with van der Waals surface area (Å²) < 4.78 is 0. The Hall–Kier alpha value is -7.22. The topological polar surface area (TPSA) is 3.24 Å². The molecular formula is C60H47N. The predicted molar refractivity (Wildman–Crippen MR) is 258 cm³/mol. The second kappa shape index (κ2) is 14.2. The van der Waals surface area contributed by atoms with Crippen molar-refractivity contribution in [2.45, 2.75) is 38.5 Å². The molecule has 9 aromatic rings. The molecule has 0 N–H and O–H groups in total. The highest BCUT2D eigenvalue weighted by molar-refractivity contribution is 5.98. The third kappa shape index (κ3) is 5.99. The van der Waals surface area contributed by atoms with Crippen LogP contribution >= 0.6 is 0 Å². The van der Waals surface area contributed by atoms with Crippen LogP contribution in [0.2, 0.25) is 0 Å². The quantitative estimate of drug-likeness (QED) is 0.156. The molecule has 0 amide bonds. The van der Waals surface area contributed by atoms with Crippen molar-refractivity contribution < 1.29 is 0 Å². The van der Waals surface area contributed by atoms with E-state index in [1.165, 1.54) is 89.0 Å². The van der Waals surface area contributed by atoms with E-state index in [2.05, 4.69) is 245 Å². The summed E-state index contributed by atoms with van der Waals surface area (Å²) in [4.78, 5) is 2.47. The molecule has 0 bridgehead atoms. The lowest BCUT2D eigenvalue weighted by molar-refractivity contribution is 0.660. The number of hydrogen-bond donors (Lipinski definition) is 0. The third-order valence-electron chi connectivity index (χ3n) is 13.5. The van der Waals surface area contributed by atoms with E-state index in [4.69, 9.17) is 0 Å². The molecule has 292 valence electrons. The Morgan fingerprint density at radius 1 is 0.262 bits per heavy atom. The van der Waals surface area contributed by atoms with Crippen molar-refractivity contribution in [3.63, 3.8) is 0 Å². The number of rotatable bonds is 7. The van der Waals surface area contributed by atoms with Gasteiger partial charge in [-0.25, -0.2) is 0 Å². The van der Waals surface area contributed by atoms with Crippen LogP contribution in [0.1, 0.15) is 49.9 Å². The normalized spacial score (nSPS) is 13.8. The molecule has 0 aliphatic heterocycles. The number of nitrogens with zero attached hydrogens (tertiary/aromatic N) is 1. The van der Waals surface area contributed by atoms with Crippen LogP contribution in [0.3, 0.4) is 0 Å². The van der Waals surface area contributed by atoms with E-state index in [-0.39, 0.29) is 10.8 Å². The Morgan fingerprint density at radius 2 is 0.639 bits per heavy atom. The fourth-order valence-electron chi connectivity index (χ4n) is 10.3. The second-order valence-electron chi connectivity index (χ2n) is 17.7. The van der Waals surface area contributed by atoms with Crippen LogP contribution in [0.5, 0.6) is 0 Å². The molecule has 0 spiro atoms. The molecule has 0 unspecified atom stereocenters. The summed E-state index contributed by atoms with van der Waals surface area (Å²) in [5, 5.41) is 0. The van der Waals surface area contributed by atoms with E-state index < -0.39 is 0 Å². The van der Waals surface area contributed by atoms with Gasteiger partial charge >= 0.3 is 0 Å². The number of benzene rings is 9. The summed E-state index contributed by atoms with van der Waals surface area (Å²) in [7, 11) is 0. The van der Waals surface area contributed by atoms with E-state index in [0.29, 0.717) is 0 Å². The highest BCUT2D eigenvalue weighted by Gasteiger charge is 2.37. The Balaban J connectivity index is 1.10. The summed E-state index contributed by atoms with van der Waals surface area (Å²) in [6.07, 6.45) is 0. The average Bonchev–Trinajstić information content (AvgIpc) is 3.68. The first-order valence-electron chi connectivity index (χ1n) is 21.5. The molecule has 11 rings (SSSR count). The largest absolute Gasteiger partial charge is 0.310 e. The van der Waals surface area contributed by atoms with Crippen LogP contribution in [0.15, 0.2) is 212 Å². The molecule has 0 atom stereocenters. The van der Waals surface area contributed by atoms with Gasteiger partial charge in [-0.3, -0.25) is 0 Å². The molecule has 0 fully saturated rings. The zero-order valence-corrected chi connectivity index (χ0v) is 35.2. The number of fused-ring (bicyclic) bond motifs is 6. The molecule has 0 saturated heterocycles.